The third-order valence-electron chi connectivity index (χ3n) is 4.03. The predicted octanol–water partition coefficient (Wildman–Crippen LogP) is 5.41. The topological polar surface area (TPSA) is 59.8 Å². The molecule has 1 aromatic carbocycles. The Labute approximate surface area is 174 Å². The first kappa shape index (κ1) is 22.5. The van der Waals surface area contributed by atoms with Gasteiger partial charge in [0.2, 0.25) is 0 Å². The maximum atomic E-state index is 13.6. The van der Waals surface area contributed by atoms with E-state index < -0.39 is 58.3 Å². The Hall–Kier alpha value is -3.15. The van der Waals surface area contributed by atoms with Crippen molar-refractivity contribution in [2.24, 2.45) is 0 Å². The van der Waals surface area contributed by atoms with Crippen molar-refractivity contribution in [2.75, 3.05) is 5.32 Å². The fourth-order valence-corrected chi connectivity index (χ4v) is 2.85. The number of alkyl halides is 6. The second-order valence-electron chi connectivity index (χ2n) is 6.16. The van der Waals surface area contributed by atoms with Crippen molar-refractivity contribution in [3.8, 4) is 0 Å². The van der Waals surface area contributed by atoms with Gasteiger partial charge in [0.25, 0.3) is 5.91 Å². The van der Waals surface area contributed by atoms with Crippen molar-refractivity contribution in [2.45, 2.75) is 18.9 Å². The quantitative estimate of drug-likeness (QED) is 0.523. The van der Waals surface area contributed by atoms with Crippen LogP contribution in [0.4, 0.5) is 36.6 Å². The van der Waals surface area contributed by atoms with Crippen LogP contribution in [0.1, 0.15) is 27.2 Å². The average Bonchev–Trinajstić information content (AvgIpc) is 3.09. The van der Waals surface area contributed by atoms with Crippen molar-refractivity contribution in [3.05, 3.63) is 75.9 Å². The number of pyridine rings is 1. The summed E-state index contributed by atoms with van der Waals surface area (Å²) in [6.45, 7) is -0.611. The molecule has 0 bridgehead atoms. The van der Waals surface area contributed by atoms with Gasteiger partial charge in [-0.1, -0.05) is 23.7 Å². The van der Waals surface area contributed by atoms with Gasteiger partial charge in [0.15, 0.2) is 5.69 Å². The number of nitrogens with one attached hydrogen (secondary N) is 1. The number of hydrogen-bond donors (Lipinski definition) is 1. The number of aromatic nitrogens is 3. The number of hydrogen-bond acceptors (Lipinski definition) is 3. The number of carbonyl (C=O) groups excluding carboxylic acids is 1. The van der Waals surface area contributed by atoms with E-state index in [1.165, 1.54) is 12.1 Å². The molecule has 0 saturated carbocycles. The van der Waals surface area contributed by atoms with Gasteiger partial charge in [-0.05, 0) is 23.8 Å². The van der Waals surface area contributed by atoms with Gasteiger partial charge in [-0.3, -0.25) is 9.48 Å². The highest BCUT2D eigenvalue weighted by molar-refractivity contribution is 6.31. The number of amides is 1. The molecule has 0 aliphatic carbocycles. The van der Waals surface area contributed by atoms with E-state index in [1.807, 2.05) is 5.32 Å². The fourth-order valence-electron chi connectivity index (χ4n) is 2.66. The van der Waals surface area contributed by atoms with E-state index in [4.69, 9.17) is 11.6 Å². The van der Waals surface area contributed by atoms with Gasteiger partial charge in [-0.2, -0.15) is 31.4 Å². The second-order valence-corrected chi connectivity index (χ2v) is 6.53. The number of halogens is 8. The lowest BCUT2D eigenvalue weighted by Gasteiger charge is -2.14. The molecule has 0 aliphatic rings. The summed E-state index contributed by atoms with van der Waals surface area (Å²) in [6, 6.07) is 4.64. The molecule has 0 spiro atoms. The summed E-state index contributed by atoms with van der Waals surface area (Å²) in [5.74, 6) is -2.84. The van der Waals surface area contributed by atoms with E-state index in [0.29, 0.717) is 23.0 Å². The van der Waals surface area contributed by atoms with Crippen LogP contribution in [0.5, 0.6) is 0 Å². The monoisotopic (exact) mass is 466 g/mol. The van der Waals surface area contributed by atoms with Gasteiger partial charge < -0.3 is 5.32 Å². The van der Waals surface area contributed by atoms with E-state index in [1.54, 1.807) is 0 Å². The minimum Gasteiger partial charge on any atom is -0.306 e. The van der Waals surface area contributed by atoms with Crippen LogP contribution in [0.25, 0.3) is 0 Å². The predicted molar refractivity (Wildman–Crippen MR) is 94.9 cm³/mol. The summed E-state index contributed by atoms with van der Waals surface area (Å²) in [7, 11) is 0. The van der Waals surface area contributed by atoms with E-state index in [9.17, 15) is 35.5 Å². The van der Waals surface area contributed by atoms with Crippen molar-refractivity contribution in [1.29, 1.82) is 0 Å². The second kappa shape index (κ2) is 8.17. The maximum Gasteiger partial charge on any atom is 0.433 e. The van der Waals surface area contributed by atoms with Crippen LogP contribution in [0.3, 0.4) is 0 Å². The third kappa shape index (κ3) is 4.95. The molecular formula is C18H10ClF7N4O. The summed E-state index contributed by atoms with van der Waals surface area (Å²) >= 11 is 5.76. The van der Waals surface area contributed by atoms with Crippen LogP contribution >= 0.6 is 11.6 Å². The molecular weight excluding hydrogens is 457 g/mol. The lowest BCUT2D eigenvalue weighted by atomic mass is 10.2. The molecule has 164 valence electrons. The summed E-state index contributed by atoms with van der Waals surface area (Å²) in [6.07, 6.45) is -8.46. The number of nitrogens with zero attached hydrogens (tertiary/aromatic N) is 3. The molecule has 1 N–H and O–H groups in total. The van der Waals surface area contributed by atoms with Gasteiger partial charge in [-0.25, -0.2) is 9.37 Å². The van der Waals surface area contributed by atoms with Gasteiger partial charge in [-0.15, -0.1) is 0 Å². The Morgan fingerprint density at radius 2 is 1.81 bits per heavy atom. The van der Waals surface area contributed by atoms with Crippen LogP contribution < -0.4 is 5.32 Å². The molecule has 0 radical (unpaired) electrons. The van der Waals surface area contributed by atoms with Crippen LogP contribution in [0, 0.1) is 5.82 Å². The Morgan fingerprint density at radius 3 is 2.45 bits per heavy atom. The first-order chi connectivity index (χ1) is 14.4. The Bertz CT molecular complexity index is 1120. The fraction of sp³-hybridized carbons (Fsp3) is 0.167. The highest BCUT2D eigenvalue weighted by atomic mass is 35.5. The SMILES string of the molecule is O=C(Nc1cc(C(F)(F)F)ccn1)c1cnn(Cc2cccc(F)c2Cl)c1C(F)(F)F. The summed E-state index contributed by atoms with van der Waals surface area (Å²) < 4.78 is 93.2. The van der Waals surface area contributed by atoms with Crippen LogP contribution in [-0.2, 0) is 18.9 Å². The summed E-state index contributed by atoms with van der Waals surface area (Å²) in [4.78, 5) is 15.9. The average molecular weight is 467 g/mol. The molecule has 0 unspecified atom stereocenters. The van der Waals surface area contributed by atoms with Gasteiger partial charge in [0, 0.05) is 6.20 Å². The van der Waals surface area contributed by atoms with Crippen molar-refractivity contribution in [3.63, 3.8) is 0 Å². The van der Waals surface area contributed by atoms with Crippen molar-refractivity contribution >= 4 is 23.3 Å². The zero-order valence-corrected chi connectivity index (χ0v) is 15.8. The minimum absolute atomic E-state index is 0.0261. The molecule has 0 atom stereocenters. The van der Waals surface area contributed by atoms with Crippen molar-refractivity contribution < 1.29 is 35.5 Å². The summed E-state index contributed by atoms with van der Waals surface area (Å²) in [5.41, 5.74) is -3.62. The Morgan fingerprint density at radius 1 is 1.10 bits per heavy atom. The van der Waals surface area contributed by atoms with E-state index in [2.05, 4.69) is 10.1 Å². The van der Waals surface area contributed by atoms with E-state index in [0.717, 1.165) is 12.3 Å². The third-order valence-corrected chi connectivity index (χ3v) is 4.46. The molecule has 3 rings (SSSR count). The zero-order valence-electron chi connectivity index (χ0n) is 15.0. The highest BCUT2D eigenvalue weighted by Crippen LogP contribution is 2.34. The molecule has 13 heteroatoms. The maximum absolute atomic E-state index is 13.6. The molecule has 2 heterocycles. The standard InChI is InChI=1S/C18H10ClF7N4O/c19-14-9(2-1-3-12(14)20)8-30-15(18(24,25)26)11(7-28-30)16(31)29-13-6-10(4-5-27-13)17(21,22)23/h1-7H,8H2,(H,27,29,31). The first-order valence-electron chi connectivity index (χ1n) is 8.28. The molecule has 0 saturated heterocycles. The van der Waals surface area contributed by atoms with Gasteiger partial charge in [0.1, 0.15) is 11.6 Å². The van der Waals surface area contributed by atoms with Gasteiger partial charge >= 0.3 is 12.4 Å². The number of benzene rings is 1. The lowest BCUT2D eigenvalue weighted by molar-refractivity contribution is -0.144. The molecule has 2 aromatic heterocycles. The zero-order chi connectivity index (χ0) is 23.0. The summed E-state index contributed by atoms with van der Waals surface area (Å²) in [5, 5.41) is 5.00. The van der Waals surface area contributed by atoms with Gasteiger partial charge in [0.05, 0.1) is 28.9 Å². The van der Waals surface area contributed by atoms with E-state index >= 15 is 0 Å². The van der Waals surface area contributed by atoms with Crippen LogP contribution in [0.2, 0.25) is 5.02 Å². The Balaban J connectivity index is 1.95. The minimum atomic E-state index is -5.07. The van der Waals surface area contributed by atoms with Crippen molar-refractivity contribution in [1.82, 2.24) is 14.8 Å². The lowest BCUT2D eigenvalue weighted by Crippen LogP contribution is -2.22. The normalized spacial score (nSPS) is 12.1. The highest BCUT2D eigenvalue weighted by Gasteiger charge is 2.40. The molecule has 0 aliphatic heterocycles. The molecule has 1 amide bonds. The molecule has 5 nitrogen and oxygen atoms in total. The number of rotatable bonds is 4. The van der Waals surface area contributed by atoms with Crippen LogP contribution in [0.15, 0.2) is 42.7 Å². The Kier molecular flexibility index (Phi) is 5.94. The van der Waals surface area contributed by atoms with Crippen LogP contribution in [-0.4, -0.2) is 20.7 Å². The molecule has 31 heavy (non-hydrogen) atoms. The first-order valence-corrected chi connectivity index (χ1v) is 8.66. The largest absolute Gasteiger partial charge is 0.433 e. The number of anilines is 1. The molecule has 0 fully saturated rings. The van der Waals surface area contributed by atoms with E-state index in [-0.39, 0.29) is 5.56 Å². The molecule has 3 aromatic rings. The number of carbonyl (C=O) groups is 1. The smallest absolute Gasteiger partial charge is 0.306 e.